The number of carbonyl (C=O) groups excluding carboxylic acids is 1. The fourth-order valence-electron chi connectivity index (χ4n) is 2.88. The summed E-state index contributed by atoms with van der Waals surface area (Å²) in [6.07, 6.45) is -3.59. The van der Waals surface area contributed by atoms with Gasteiger partial charge < -0.3 is 15.5 Å². The molecular weight excluding hydrogens is 367 g/mol. The van der Waals surface area contributed by atoms with Gasteiger partial charge in [0.2, 0.25) is 5.91 Å². The Morgan fingerprint density at radius 3 is 2.42 bits per heavy atom. The van der Waals surface area contributed by atoms with Crippen molar-refractivity contribution in [3.8, 4) is 0 Å². The predicted octanol–water partition coefficient (Wildman–Crippen LogP) is 2.82. The van der Waals surface area contributed by atoms with Gasteiger partial charge in [-0.2, -0.15) is 13.2 Å². The lowest BCUT2D eigenvalue weighted by Gasteiger charge is -2.28. The lowest BCUT2D eigenvalue weighted by molar-refractivity contribution is -0.137. The molecule has 148 valence electrons. The summed E-state index contributed by atoms with van der Waals surface area (Å²) in [5.74, 6) is -0.257. The molecule has 0 bridgehead atoms. The number of nitrogens with one attached hydrogen (secondary N) is 2. The zero-order valence-electron chi connectivity index (χ0n) is 15.2. The second-order valence-corrected chi connectivity index (χ2v) is 6.90. The summed E-state index contributed by atoms with van der Waals surface area (Å²) >= 11 is 0. The molecule has 26 heavy (non-hydrogen) atoms. The topological polar surface area (TPSA) is 44.4 Å². The van der Waals surface area contributed by atoms with E-state index >= 15 is 0 Å². The molecule has 2 N–H and O–H groups in total. The second-order valence-electron chi connectivity index (χ2n) is 6.90. The molecule has 0 radical (unpaired) electrons. The molecule has 1 aliphatic heterocycles. The summed E-state index contributed by atoms with van der Waals surface area (Å²) < 4.78 is 38.6. The van der Waals surface area contributed by atoms with Gasteiger partial charge in [0.1, 0.15) is 0 Å². The first kappa shape index (κ1) is 22.7. The molecule has 0 aromatic heterocycles. The smallest absolute Gasteiger partial charge is 0.355 e. The van der Waals surface area contributed by atoms with Crippen LogP contribution in [0.25, 0.3) is 0 Å². The Balaban J connectivity index is 0.00000338. The third-order valence-electron chi connectivity index (χ3n) is 4.63. The van der Waals surface area contributed by atoms with E-state index in [1.165, 1.54) is 6.07 Å². The molecule has 0 saturated carbocycles. The molecule has 1 saturated heterocycles. The number of benzene rings is 1. The van der Waals surface area contributed by atoms with Crippen LogP contribution in [-0.4, -0.2) is 50.1 Å². The van der Waals surface area contributed by atoms with E-state index in [4.69, 9.17) is 0 Å². The summed E-state index contributed by atoms with van der Waals surface area (Å²) in [6.45, 7) is 8.69. The highest BCUT2D eigenvalue weighted by molar-refractivity contribution is 5.87. The Hall–Kier alpha value is -1.31. The number of alkyl halides is 3. The van der Waals surface area contributed by atoms with Gasteiger partial charge in [0.15, 0.2) is 0 Å². The molecule has 1 heterocycles. The number of hydrogen-bond donors (Lipinski definition) is 2. The molecule has 0 spiro atoms. The van der Waals surface area contributed by atoms with Gasteiger partial charge in [-0.25, -0.2) is 0 Å². The van der Waals surface area contributed by atoms with Crippen molar-refractivity contribution in [1.29, 1.82) is 0 Å². The van der Waals surface area contributed by atoms with Crippen LogP contribution in [0.4, 0.5) is 13.2 Å². The van der Waals surface area contributed by atoms with E-state index in [9.17, 15) is 18.0 Å². The third kappa shape index (κ3) is 6.14. The maximum absolute atomic E-state index is 12.9. The number of hydrogen-bond acceptors (Lipinski definition) is 3. The molecule has 1 fully saturated rings. The molecule has 4 nitrogen and oxygen atoms in total. The van der Waals surface area contributed by atoms with Crippen molar-refractivity contribution in [3.05, 3.63) is 35.4 Å². The lowest BCUT2D eigenvalue weighted by atomic mass is 9.83. The van der Waals surface area contributed by atoms with Gasteiger partial charge in [-0.05, 0) is 38.4 Å². The van der Waals surface area contributed by atoms with E-state index in [2.05, 4.69) is 15.5 Å². The van der Waals surface area contributed by atoms with Crippen LogP contribution in [0.15, 0.2) is 24.3 Å². The number of carbonyl (C=O) groups is 1. The summed E-state index contributed by atoms with van der Waals surface area (Å²) in [4.78, 5) is 14.8. The quantitative estimate of drug-likeness (QED) is 0.730. The van der Waals surface area contributed by atoms with Gasteiger partial charge in [-0.1, -0.05) is 18.2 Å². The van der Waals surface area contributed by atoms with E-state index in [-0.39, 0.29) is 18.3 Å². The van der Waals surface area contributed by atoms with Crippen LogP contribution in [0, 0.1) is 0 Å². The highest BCUT2D eigenvalue weighted by Gasteiger charge is 2.34. The SMILES string of the molecule is CC(C)(C(=O)NCCCN1CCNCC1)c1cccc(C(F)(F)F)c1.Cl. The Morgan fingerprint density at radius 1 is 1.19 bits per heavy atom. The highest BCUT2D eigenvalue weighted by Crippen LogP contribution is 2.32. The predicted molar refractivity (Wildman–Crippen MR) is 98.7 cm³/mol. The summed E-state index contributed by atoms with van der Waals surface area (Å²) in [5, 5.41) is 6.14. The fourth-order valence-corrected chi connectivity index (χ4v) is 2.88. The van der Waals surface area contributed by atoms with Crippen molar-refractivity contribution in [2.75, 3.05) is 39.3 Å². The first-order valence-electron chi connectivity index (χ1n) is 8.60. The third-order valence-corrected chi connectivity index (χ3v) is 4.63. The van der Waals surface area contributed by atoms with Crippen molar-refractivity contribution in [3.63, 3.8) is 0 Å². The summed E-state index contributed by atoms with van der Waals surface area (Å²) in [6, 6.07) is 4.98. The molecule has 1 aromatic rings. The zero-order valence-corrected chi connectivity index (χ0v) is 16.0. The van der Waals surface area contributed by atoms with Crippen molar-refractivity contribution < 1.29 is 18.0 Å². The monoisotopic (exact) mass is 393 g/mol. The minimum absolute atomic E-state index is 0. The number of amides is 1. The van der Waals surface area contributed by atoms with Crippen LogP contribution in [0.5, 0.6) is 0 Å². The number of nitrogens with zero attached hydrogens (tertiary/aromatic N) is 1. The van der Waals surface area contributed by atoms with Crippen LogP contribution < -0.4 is 10.6 Å². The van der Waals surface area contributed by atoms with Gasteiger partial charge in [0.25, 0.3) is 0 Å². The summed E-state index contributed by atoms with van der Waals surface area (Å²) in [7, 11) is 0. The molecule has 1 aromatic carbocycles. The average Bonchev–Trinajstić information content (AvgIpc) is 2.58. The molecule has 0 unspecified atom stereocenters. The van der Waals surface area contributed by atoms with Crippen molar-refractivity contribution in [1.82, 2.24) is 15.5 Å². The van der Waals surface area contributed by atoms with Gasteiger partial charge in [-0.3, -0.25) is 4.79 Å². The minimum Gasteiger partial charge on any atom is -0.355 e. The van der Waals surface area contributed by atoms with Gasteiger partial charge in [0.05, 0.1) is 11.0 Å². The molecule has 1 amide bonds. The molecule has 1 aliphatic rings. The summed E-state index contributed by atoms with van der Waals surface area (Å²) in [5.41, 5.74) is -1.39. The van der Waals surface area contributed by atoms with Crippen LogP contribution in [-0.2, 0) is 16.4 Å². The molecule has 0 aliphatic carbocycles. The van der Waals surface area contributed by atoms with Crippen LogP contribution in [0.3, 0.4) is 0 Å². The van der Waals surface area contributed by atoms with E-state index in [1.54, 1.807) is 19.9 Å². The average molecular weight is 394 g/mol. The van der Waals surface area contributed by atoms with Crippen molar-refractivity contribution >= 4 is 18.3 Å². The molecule has 2 rings (SSSR count). The first-order chi connectivity index (χ1) is 11.7. The largest absolute Gasteiger partial charge is 0.416 e. The minimum atomic E-state index is -4.41. The Bertz CT molecular complexity index is 587. The van der Waals surface area contributed by atoms with Gasteiger partial charge >= 0.3 is 6.18 Å². The first-order valence-corrected chi connectivity index (χ1v) is 8.60. The lowest BCUT2D eigenvalue weighted by Crippen LogP contribution is -2.45. The zero-order chi connectivity index (χ0) is 18.5. The van der Waals surface area contributed by atoms with Gasteiger partial charge in [-0.15, -0.1) is 12.4 Å². The number of rotatable bonds is 6. The molecule has 0 atom stereocenters. The maximum atomic E-state index is 12.9. The van der Waals surface area contributed by atoms with Crippen molar-refractivity contribution in [2.45, 2.75) is 31.9 Å². The number of piperazine rings is 1. The van der Waals surface area contributed by atoms with Crippen LogP contribution in [0.2, 0.25) is 0 Å². The van der Waals surface area contributed by atoms with E-state index < -0.39 is 17.2 Å². The van der Waals surface area contributed by atoms with Gasteiger partial charge in [0, 0.05) is 32.7 Å². The highest BCUT2D eigenvalue weighted by atomic mass is 35.5. The van der Waals surface area contributed by atoms with E-state index in [1.807, 2.05) is 0 Å². The molecular formula is C18H27ClF3N3O. The maximum Gasteiger partial charge on any atom is 0.416 e. The van der Waals surface area contributed by atoms with Crippen LogP contribution in [0.1, 0.15) is 31.4 Å². The normalized spacial score (nSPS) is 16.0. The Labute approximate surface area is 158 Å². The van der Waals surface area contributed by atoms with E-state index in [0.717, 1.165) is 51.3 Å². The van der Waals surface area contributed by atoms with Crippen molar-refractivity contribution in [2.24, 2.45) is 0 Å². The Morgan fingerprint density at radius 2 is 1.81 bits per heavy atom. The van der Waals surface area contributed by atoms with E-state index in [0.29, 0.717) is 12.1 Å². The fraction of sp³-hybridized carbons (Fsp3) is 0.611. The molecule has 8 heteroatoms. The van der Waals surface area contributed by atoms with Crippen LogP contribution >= 0.6 is 12.4 Å². The standard InChI is InChI=1S/C18H26F3N3O.ClH/c1-17(2,14-5-3-6-15(13-14)18(19,20)21)16(25)23-7-4-10-24-11-8-22-9-12-24;/h3,5-6,13,22H,4,7-12H2,1-2H3,(H,23,25);1H. The number of halogens is 4. The Kier molecular flexibility index (Phi) is 8.37. The second kappa shape index (κ2) is 9.58.